The molecule has 0 heterocycles. The van der Waals surface area contributed by atoms with E-state index >= 15 is 0 Å². The fourth-order valence-electron chi connectivity index (χ4n) is 0. The van der Waals surface area contributed by atoms with E-state index in [0.29, 0.717) is 0 Å². The monoisotopic (exact) mass is 134 g/mol. The summed E-state index contributed by atoms with van der Waals surface area (Å²) in [6, 6.07) is 0. The van der Waals surface area contributed by atoms with Crippen LogP contribution in [-0.4, -0.2) is 0 Å². The Morgan fingerprint density at radius 3 is 1.40 bits per heavy atom. The molecule has 0 fully saturated rings. The van der Waals surface area contributed by atoms with Gasteiger partial charge in [-0.25, -0.2) is 0 Å². The van der Waals surface area contributed by atoms with E-state index in [9.17, 15) is 0 Å². The van der Waals surface area contributed by atoms with Crippen molar-refractivity contribution in [1.82, 2.24) is 0 Å². The molecule has 0 atom stereocenters. The van der Waals surface area contributed by atoms with E-state index in [1.807, 2.05) is 0 Å². The molecule has 5 heavy (non-hydrogen) atoms. The van der Waals surface area contributed by atoms with E-state index < -0.39 is 6.37 Å². The zero-order valence-electron chi connectivity index (χ0n) is 2.05. The van der Waals surface area contributed by atoms with Gasteiger partial charge in [0.05, 0.1) is 0 Å². The first-order valence-corrected chi connectivity index (χ1v) is 3.19. The molecule has 3 nitrogen and oxygen atoms in total. The third-order valence-electron chi connectivity index (χ3n) is 0. The van der Waals surface area contributed by atoms with Crippen molar-refractivity contribution >= 4 is 6.37 Å². The van der Waals surface area contributed by atoms with Crippen LogP contribution >= 0.6 is 6.37 Å². The summed E-state index contributed by atoms with van der Waals surface area (Å²) in [6.07, 6.45) is -2.31. The minimum absolute atomic E-state index is 0. The molecule has 0 aliphatic heterocycles. The minimum atomic E-state index is -2.31. The maximum atomic E-state index is 8.95. The van der Waals surface area contributed by atoms with E-state index in [1.165, 1.54) is 0 Å². The normalized spacial score (nSPS) is 4.80. The van der Waals surface area contributed by atoms with E-state index in [0.717, 1.165) is 0 Å². The van der Waals surface area contributed by atoms with E-state index in [4.69, 9.17) is 9.13 Å². The summed E-state index contributed by atoms with van der Waals surface area (Å²) in [4.78, 5) is 0. The third kappa shape index (κ3) is 172. The molecule has 0 spiro atoms. The SMILES string of the molecule is O=[P](=O)[Mn+2].[O-2]. The number of hydrogen-bond acceptors (Lipinski definition) is 2. The van der Waals surface area contributed by atoms with Gasteiger partial charge in [0, 0.05) is 0 Å². The second kappa shape index (κ2) is 4.38. The Morgan fingerprint density at radius 2 is 1.40 bits per heavy atom. The van der Waals surface area contributed by atoms with Gasteiger partial charge in [0.2, 0.25) is 0 Å². The van der Waals surface area contributed by atoms with Crippen molar-refractivity contribution in [2.24, 2.45) is 0 Å². The van der Waals surface area contributed by atoms with Crippen LogP contribution in [0.4, 0.5) is 0 Å². The second-order valence-corrected chi connectivity index (χ2v) is 1.93. The predicted octanol–water partition coefficient (Wildman–Crippen LogP) is 0.502. The van der Waals surface area contributed by atoms with Crippen molar-refractivity contribution in [3.8, 4) is 0 Å². The molecule has 5 heteroatoms. The Morgan fingerprint density at radius 1 is 1.40 bits per heavy atom. The summed E-state index contributed by atoms with van der Waals surface area (Å²) in [6.45, 7) is 0. The Kier molecular flexibility index (Phi) is 7.91. The maximum absolute atomic E-state index is 8.95. The smallest absolute Gasteiger partial charge is 2.00 e. The van der Waals surface area contributed by atoms with Gasteiger partial charge in [0.25, 0.3) is 0 Å². The molecule has 0 N–H and O–H groups in total. The second-order valence-electron chi connectivity index (χ2n) is 0.213. The van der Waals surface area contributed by atoms with Crippen molar-refractivity contribution in [2.45, 2.75) is 0 Å². The Labute approximate surface area is 37.3 Å². The van der Waals surface area contributed by atoms with Gasteiger partial charge < -0.3 is 5.48 Å². The molecule has 0 aromatic rings. The van der Waals surface area contributed by atoms with Crippen LogP contribution in [0.2, 0.25) is 0 Å². The van der Waals surface area contributed by atoms with Gasteiger partial charge in [-0.05, 0) is 0 Å². The summed E-state index contributed by atoms with van der Waals surface area (Å²) in [5, 5.41) is 0. The van der Waals surface area contributed by atoms with E-state index in [1.54, 1.807) is 0 Å². The van der Waals surface area contributed by atoms with Crippen LogP contribution in [0.1, 0.15) is 0 Å². The first kappa shape index (κ1) is 9.03. The molecule has 0 aromatic heterocycles. The zero-order chi connectivity index (χ0) is 3.58. The van der Waals surface area contributed by atoms with Crippen LogP contribution in [0.3, 0.4) is 0 Å². The maximum Gasteiger partial charge on any atom is -2.00 e. The molecule has 0 amide bonds. The summed E-state index contributed by atoms with van der Waals surface area (Å²) < 4.78 is 17.9. The van der Waals surface area contributed by atoms with Gasteiger partial charge in [0.1, 0.15) is 0 Å². The van der Waals surface area contributed by atoms with Crippen molar-refractivity contribution in [3.63, 3.8) is 0 Å². The quantitative estimate of drug-likeness (QED) is 0.357. The topological polar surface area (TPSA) is 62.6 Å². The van der Waals surface area contributed by atoms with Crippen molar-refractivity contribution in [1.29, 1.82) is 0 Å². The van der Waals surface area contributed by atoms with Gasteiger partial charge in [-0.1, -0.05) is 0 Å². The number of rotatable bonds is 0. The third-order valence-corrected chi connectivity index (χ3v) is 0. The Balaban J connectivity index is 0. The molecule has 30 valence electrons. The summed E-state index contributed by atoms with van der Waals surface area (Å²) in [7, 11) is 0. The summed E-state index contributed by atoms with van der Waals surface area (Å²) >= 11 is 2.22. The summed E-state index contributed by atoms with van der Waals surface area (Å²) in [5.74, 6) is 0. The van der Waals surface area contributed by atoms with Gasteiger partial charge in [-0.15, -0.1) is 0 Å². The average Bonchev–Trinajstić information content (AvgIpc) is 0.811. The molecular weight excluding hydrogens is 134 g/mol. The average molecular weight is 134 g/mol. The molecule has 0 saturated carbocycles. The molecule has 0 aliphatic carbocycles. The van der Waals surface area contributed by atoms with E-state index in [2.05, 4.69) is 15.6 Å². The fourth-order valence-corrected chi connectivity index (χ4v) is 0. The first-order valence-electron chi connectivity index (χ1n) is 0.534. The molecule has 0 unspecified atom stereocenters. The van der Waals surface area contributed by atoms with Crippen LogP contribution in [-0.2, 0) is 30.2 Å². The van der Waals surface area contributed by atoms with Crippen molar-refractivity contribution < 1.29 is 30.2 Å². The van der Waals surface area contributed by atoms with Gasteiger partial charge in [0.15, 0.2) is 0 Å². The van der Waals surface area contributed by atoms with Crippen LogP contribution in [0.15, 0.2) is 0 Å². The van der Waals surface area contributed by atoms with Crippen molar-refractivity contribution in [2.75, 3.05) is 0 Å². The first-order chi connectivity index (χ1) is 1.73. The van der Waals surface area contributed by atoms with E-state index in [-0.39, 0.29) is 5.48 Å². The molecule has 0 aliphatic rings. The molecular formula is MnO3P. The van der Waals surface area contributed by atoms with Gasteiger partial charge >= 0.3 is 31.1 Å². The molecule has 0 bridgehead atoms. The minimum Gasteiger partial charge on any atom is -2.00 e. The Bertz CT molecular complexity index is 55.3. The van der Waals surface area contributed by atoms with Gasteiger partial charge in [-0.3, -0.25) is 0 Å². The van der Waals surface area contributed by atoms with Crippen LogP contribution in [0.5, 0.6) is 0 Å². The molecule has 0 rings (SSSR count). The summed E-state index contributed by atoms with van der Waals surface area (Å²) in [5.41, 5.74) is 0. The van der Waals surface area contributed by atoms with Gasteiger partial charge in [-0.2, -0.15) is 0 Å². The fraction of sp³-hybridized carbons (Fsp3) is 0. The standard InChI is InChI=1S/Mn.O2P.O/c;1-3-2;/q+2;;-2. The molecule has 0 radical (unpaired) electrons. The predicted molar refractivity (Wildman–Crippen MR) is 8.98 cm³/mol. The largest absolute Gasteiger partial charge is 2.00 e. The molecule has 0 aromatic carbocycles. The number of hydrogen-bond donors (Lipinski definition) is 0. The van der Waals surface area contributed by atoms with Crippen LogP contribution < -0.4 is 0 Å². The zero-order valence-corrected chi connectivity index (χ0v) is 4.12. The van der Waals surface area contributed by atoms with Crippen LogP contribution in [0, 0.1) is 0 Å². The van der Waals surface area contributed by atoms with Crippen molar-refractivity contribution in [3.05, 3.63) is 0 Å². The Hall–Kier alpha value is 0.379. The molecule has 0 saturated heterocycles. The van der Waals surface area contributed by atoms with Crippen LogP contribution in [0.25, 0.3) is 0 Å².